The molecule has 0 aromatic heterocycles. The van der Waals surface area contributed by atoms with E-state index in [9.17, 15) is 14.4 Å². The van der Waals surface area contributed by atoms with Gasteiger partial charge in [0, 0.05) is 19.3 Å². The van der Waals surface area contributed by atoms with Crippen LogP contribution in [0.1, 0.15) is 226 Å². The van der Waals surface area contributed by atoms with Crippen LogP contribution in [-0.2, 0) is 28.6 Å². The van der Waals surface area contributed by atoms with Crippen molar-refractivity contribution in [3.8, 4) is 0 Å². The van der Waals surface area contributed by atoms with E-state index in [4.69, 9.17) is 14.2 Å². The molecule has 6 nitrogen and oxygen atoms in total. The highest BCUT2D eigenvalue weighted by Gasteiger charge is 2.19. The third-order valence-electron chi connectivity index (χ3n) is 10.5. The van der Waals surface area contributed by atoms with Gasteiger partial charge in [-0.25, -0.2) is 0 Å². The molecule has 0 aliphatic carbocycles. The standard InChI is InChI=1S/C55H92O6/c1-4-7-10-13-16-19-22-25-27-28-31-33-36-39-42-45-48-54(57)60-51-52(50-59-53(56)47-44-41-38-35-32-29-24-21-18-15-12-9-6-3)61-55(58)49-46-43-40-37-34-30-26-23-20-17-14-11-8-5-2/h8-9,11-12,15,17-18,20-21,24,26,29-30,32,52H,4-7,10,13-14,16,19,22-23,25,27-28,31,33-51H2,1-3H3/b11-8-,12-9-,18-15-,20-17-,24-21-,30-26-,32-29-. The Bertz CT molecular complexity index is 1200. The maximum Gasteiger partial charge on any atom is 0.306 e. The lowest BCUT2D eigenvalue weighted by atomic mass is 10.0. The highest BCUT2D eigenvalue weighted by atomic mass is 16.6. The molecule has 0 aromatic carbocycles. The van der Waals surface area contributed by atoms with Gasteiger partial charge in [0.1, 0.15) is 13.2 Å². The lowest BCUT2D eigenvalue weighted by molar-refractivity contribution is -0.167. The van der Waals surface area contributed by atoms with Crippen molar-refractivity contribution < 1.29 is 28.6 Å². The smallest absolute Gasteiger partial charge is 0.306 e. The van der Waals surface area contributed by atoms with E-state index in [1.165, 1.54) is 83.5 Å². The van der Waals surface area contributed by atoms with Gasteiger partial charge in [-0.15, -0.1) is 0 Å². The van der Waals surface area contributed by atoms with Crippen molar-refractivity contribution >= 4 is 17.9 Å². The van der Waals surface area contributed by atoms with E-state index < -0.39 is 6.10 Å². The van der Waals surface area contributed by atoms with Crippen LogP contribution in [0.5, 0.6) is 0 Å². The summed E-state index contributed by atoms with van der Waals surface area (Å²) < 4.78 is 16.7. The summed E-state index contributed by atoms with van der Waals surface area (Å²) in [6.45, 7) is 6.33. The molecule has 0 radical (unpaired) electrons. The molecule has 0 N–H and O–H groups in total. The fraction of sp³-hybridized carbons (Fsp3) is 0.691. The minimum absolute atomic E-state index is 0.0975. The van der Waals surface area contributed by atoms with Crippen molar-refractivity contribution in [1.29, 1.82) is 0 Å². The molecule has 348 valence electrons. The normalized spacial score (nSPS) is 12.8. The summed E-state index contributed by atoms with van der Waals surface area (Å²) in [7, 11) is 0. The maximum absolute atomic E-state index is 12.8. The summed E-state index contributed by atoms with van der Waals surface area (Å²) in [4.78, 5) is 37.9. The average Bonchev–Trinajstić information content (AvgIpc) is 3.26. The zero-order chi connectivity index (χ0) is 44.4. The summed E-state index contributed by atoms with van der Waals surface area (Å²) >= 11 is 0. The minimum atomic E-state index is -0.802. The zero-order valence-corrected chi connectivity index (χ0v) is 39.7. The number of carbonyl (C=O) groups is 3. The first-order chi connectivity index (χ1) is 30.0. The molecule has 0 aliphatic rings. The topological polar surface area (TPSA) is 78.9 Å². The number of ether oxygens (including phenoxy) is 3. The predicted octanol–water partition coefficient (Wildman–Crippen LogP) is 16.4. The van der Waals surface area contributed by atoms with E-state index in [0.29, 0.717) is 19.3 Å². The molecule has 61 heavy (non-hydrogen) atoms. The SMILES string of the molecule is CC\C=C/C=C\C=C/C=C\CCCCCC(=O)OCC(COC(=O)CCCCCCCCCCCCCCCCCC)OC(=O)CCCCCC/C=C\C/C=C\C/C=C\CC. The molecule has 0 heterocycles. The summed E-state index contributed by atoms with van der Waals surface area (Å²) in [5.74, 6) is -0.961. The highest BCUT2D eigenvalue weighted by molar-refractivity contribution is 5.71. The van der Waals surface area contributed by atoms with Gasteiger partial charge in [0.25, 0.3) is 0 Å². The first-order valence-electron chi connectivity index (χ1n) is 25.1. The first-order valence-corrected chi connectivity index (χ1v) is 25.1. The molecule has 0 saturated carbocycles. The third-order valence-corrected chi connectivity index (χ3v) is 10.5. The van der Waals surface area contributed by atoms with Crippen LogP contribution in [0.3, 0.4) is 0 Å². The van der Waals surface area contributed by atoms with Gasteiger partial charge in [-0.3, -0.25) is 14.4 Å². The van der Waals surface area contributed by atoms with Crippen molar-refractivity contribution in [1.82, 2.24) is 0 Å². The second-order valence-electron chi connectivity index (χ2n) is 16.4. The van der Waals surface area contributed by atoms with Crippen LogP contribution < -0.4 is 0 Å². The molecule has 6 heteroatoms. The number of carbonyl (C=O) groups excluding carboxylic acids is 3. The van der Waals surface area contributed by atoms with E-state index >= 15 is 0 Å². The number of allylic oxidation sites excluding steroid dienone is 14. The molecule has 0 rings (SSSR count). The highest BCUT2D eigenvalue weighted by Crippen LogP contribution is 2.15. The van der Waals surface area contributed by atoms with E-state index in [1.54, 1.807) is 0 Å². The van der Waals surface area contributed by atoms with Crippen molar-refractivity contribution in [3.05, 3.63) is 85.1 Å². The number of rotatable bonds is 44. The van der Waals surface area contributed by atoms with Crippen LogP contribution in [0, 0.1) is 0 Å². The Morgan fingerprint density at radius 1 is 0.361 bits per heavy atom. The van der Waals surface area contributed by atoms with E-state index in [0.717, 1.165) is 103 Å². The molecular weight excluding hydrogens is 757 g/mol. The maximum atomic E-state index is 12.8. The average molecular weight is 849 g/mol. The Kier molecular flexibility index (Phi) is 46.5. The molecular formula is C55H92O6. The van der Waals surface area contributed by atoms with E-state index in [2.05, 4.69) is 69.4 Å². The summed E-state index contributed by atoms with van der Waals surface area (Å²) in [5, 5.41) is 0. The fourth-order valence-corrected chi connectivity index (χ4v) is 6.76. The molecule has 0 spiro atoms. The summed E-state index contributed by atoms with van der Waals surface area (Å²) in [6, 6.07) is 0. The second-order valence-corrected chi connectivity index (χ2v) is 16.4. The summed E-state index contributed by atoms with van der Waals surface area (Å²) in [5.41, 5.74) is 0. The Morgan fingerprint density at radius 2 is 0.721 bits per heavy atom. The van der Waals surface area contributed by atoms with E-state index in [1.807, 2.05) is 36.5 Å². The van der Waals surface area contributed by atoms with Crippen molar-refractivity contribution in [2.24, 2.45) is 0 Å². The minimum Gasteiger partial charge on any atom is -0.462 e. The predicted molar refractivity (Wildman–Crippen MR) is 261 cm³/mol. The summed E-state index contributed by atoms with van der Waals surface area (Å²) in [6.07, 6.45) is 62.8. The van der Waals surface area contributed by atoms with Crippen molar-refractivity contribution in [2.45, 2.75) is 232 Å². The second kappa shape index (κ2) is 49.2. The zero-order valence-electron chi connectivity index (χ0n) is 39.7. The van der Waals surface area contributed by atoms with Gasteiger partial charge in [0.05, 0.1) is 0 Å². The van der Waals surface area contributed by atoms with Crippen LogP contribution in [0.2, 0.25) is 0 Å². The Labute approximate surface area is 375 Å². The Balaban J connectivity index is 4.45. The van der Waals surface area contributed by atoms with Crippen LogP contribution in [-0.4, -0.2) is 37.2 Å². The van der Waals surface area contributed by atoms with Gasteiger partial charge in [0.2, 0.25) is 0 Å². The largest absolute Gasteiger partial charge is 0.462 e. The first kappa shape index (κ1) is 57.6. The van der Waals surface area contributed by atoms with Crippen LogP contribution in [0.4, 0.5) is 0 Å². The number of unbranched alkanes of at least 4 members (excludes halogenated alkanes) is 22. The monoisotopic (exact) mass is 849 g/mol. The lowest BCUT2D eigenvalue weighted by Crippen LogP contribution is -2.30. The van der Waals surface area contributed by atoms with Gasteiger partial charge < -0.3 is 14.2 Å². The van der Waals surface area contributed by atoms with Gasteiger partial charge in [-0.2, -0.15) is 0 Å². The Morgan fingerprint density at radius 3 is 1.21 bits per heavy atom. The van der Waals surface area contributed by atoms with E-state index in [-0.39, 0.29) is 31.1 Å². The van der Waals surface area contributed by atoms with Gasteiger partial charge in [0.15, 0.2) is 6.10 Å². The molecule has 0 aromatic rings. The fourth-order valence-electron chi connectivity index (χ4n) is 6.76. The van der Waals surface area contributed by atoms with Crippen LogP contribution in [0.15, 0.2) is 85.1 Å². The van der Waals surface area contributed by atoms with Gasteiger partial charge in [-0.1, -0.05) is 221 Å². The van der Waals surface area contributed by atoms with Crippen molar-refractivity contribution in [2.75, 3.05) is 13.2 Å². The van der Waals surface area contributed by atoms with Crippen LogP contribution >= 0.6 is 0 Å². The van der Waals surface area contributed by atoms with Crippen LogP contribution in [0.25, 0.3) is 0 Å². The number of hydrogen-bond acceptors (Lipinski definition) is 6. The molecule has 0 saturated heterocycles. The lowest BCUT2D eigenvalue weighted by Gasteiger charge is -2.18. The quantitative estimate of drug-likeness (QED) is 0.0200. The Hall–Kier alpha value is -3.41. The number of esters is 3. The van der Waals surface area contributed by atoms with Crippen molar-refractivity contribution in [3.63, 3.8) is 0 Å². The third kappa shape index (κ3) is 47.5. The molecule has 0 fully saturated rings. The molecule has 1 atom stereocenters. The molecule has 0 amide bonds. The number of hydrogen-bond donors (Lipinski definition) is 0. The molecule has 0 aliphatic heterocycles. The van der Waals surface area contributed by atoms with Gasteiger partial charge in [-0.05, 0) is 70.6 Å². The molecule has 0 bridgehead atoms. The van der Waals surface area contributed by atoms with Gasteiger partial charge >= 0.3 is 17.9 Å². The molecule has 1 unspecified atom stereocenters.